The Bertz CT molecular complexity index is 3650. The molecular weight excluding hydrogens is 1150 g/mol. The number of methoxy groups -OCH3 is 4. The van der Waals surface area contributed by atoms with Gasteiger partial charge in [-0.25, -0.2) is 0 Å². The minimum absolute atomic E-state index is 0.0226. The molecule has 8 aromatic rings. The van der Waals surface area contributed by atoms with Crippen LogP contribution in [-0.2, 0) is 35.4 Å². The zero-order valence-electron chi connectivity index (χ0n) is 56.1. The predicted octanol–water partition coefficient (Wildman–Crippen LogP) is 18.5. The molecule has 8 aromatic carbocycles. The van der Waals surface area contributed by atoms with Crippen molar-refractivity contribution in [3.63, 3.8) is 0 Å². The third-order valence-electron chi connectivity index (χ3n) is 18.1. The number of esters is 4. The van der Waals surface area contributed by atoms with E-state index < -0.39 is 0 Å². The molecule has 2 unspecified atom stereocenters. The van der Waals surface area contributed by atoms with E-state index in [0.717, 1.165) is 60.7 Å². The van der Waals surface area contributed by atoms with Crippen LogP contribution in [0.5, 0.6) is 46.0 Å². The summed E-state index contributed by atoms with van der Waals surface area (Å²) in [6.07, 6.45) is 13.1. The molecule has 0 amide bonds. The van der Waals surface area contributed by atoms with Crippen molar-refractivity contribution in [2.45, 2.75) is 155 Å². The van der Waals surface area contributed by atoms with E-state index in [9.17, 15) is 19.2 Å². The zero-order valence-corrected chi connectivity index (χ0v) is 56.1. The molecule has 12 nitrogen and oxygen atoms in total. The Balaban J connectivity index is 0.000000175. The van der Waals surface area contributed by atoms with Crippen LogP contribution >= 0.6 is 0 Å². The van der Waals surface area contributed by atoms with Gasteiger partial charge in [-0.05, 0) is 187 Å². The topological polar surface area (TPSA) is 142 Å². The quantitative estimate of drug-likeness (QED) is 0.0632. The van der Waals surface area contributed by atoms with Gasteiger partial charge in [-0.1, -0.05) is 156 Å². The van der Waals surface area contributed by atoms with Gasteiger partial charge in [-0.3, -0.25) is 19.2 Å². The number of benzene rings is 8. The number of rotatable bonds is 17. The monoisotopic (exact) mass is 1240 g/mol. The summed E-state index contributed by atoms with van der Waals surface area (Å²) in [6, 6.07) is 60.8. The maximum Gasteiger partial charge on any atom is 0.308 e. The van der Waals surface area contributed by atoms with Crippen molar-refractivity contribution < 1.29 is 57.1 Å². The first kappa shape index (κ1) is 70.3. The van der Waals surface area contributed by atoms with Crippen LogP contribution in [0, 0.1) is 13.8 Å². The van der Waals surface area contributed by atoms with E-state index >= 15 is 0 Å². The normalized spacial score (nSPS) is 14.6. The molecule has 2 fully saturated rings. The highest BCUT2D eigenvalue weighted by Gasteiger charge is 2.38. The maximum atomic E-state index is 11.3. The Morgan fingerprint density at radius 2 is 0.674 bits per heavy atom. The molecule has 2 aliphatic rings. The Morgan fingerprint density at radius 1 is 0.380 bits per heavy atom. The summed E-state index contributed by atoms with van der Waals surface area (Å²) in [5.74, 6) is 5.02. The second-order valence-electron chi connectivity index (χ2n) is 24.1. The molecule has 2 saturated carbocycles. The first-order chi connectivity index (χ1) is 44.2. The second kappa shape index (κ2) is 33.2. The van der Waals surface area contributed by atoms with E-state index in [0.29, 0.717) is 23.0 Å². The molecule has 0 radical (unpaired) electrons. The van der Waals surface area contributed by atoms with Gasteiger partial charge in [-0.2, -0.15) is 0 Å². The smallest absolute Gasteiger partial charge is 0.308 e. The maximum absolute atomic E-state index is 11.3. The van der Waals surface area contributed by atoms with Crippen molar-refractivity contribution in [2.24, 2.45) is 0 Å². The highest BCUT2D eigenvalue weighted by molar-refractivity contribution is 5.71. The average molecular weight is 1250 g/mol. The van der Waals surface area contributed by atoms with E-state index in [2.05, 4.69) is 107 Å². The fourth-order valence-corrected chi connectivity index (χ4v) is 12.8. The zero-order chi connectivity index (χ0) is 66.4. The molecule has 2 atom stereocenters. The van der Waals surface area contributed by atoms with Gasteiger partial charge in [0.25, 0.3) is 0 Å². The first-order valence-electron chi connectivity index (χ1n) is 31.9. The second-order valence-corrected chi connectivity index (χ2v) is 24.1. The van der Waals surface area contributed by atoms with Crippen molar-refractivity contribution >= 4 is 23.9 Å². The predicted molar refractivity (Wildman–Crippen MR) is 364 cm³/mol. The largest absolute Gasteiger partial charge is 0.497 e. The van der Waals surface area contributed by atoms with Crippen LogP contribution in [0.4, 0.5) is 0 Å². The molecule has 12 heteroatoms. The minimum atomic E-state index is -0.305. The summed E-state index contributed by atoms with van der Waals surface area (Å²) >= 11 is 0. The highest BCUT2D eigenvalue weighted by Crippen LogP contribution is 2.48. The summed E-state index contributed by atoms with van der Waals surface area (Å²) in [6.45, 7) is 16.3. The number of aryl methyl sites for hydroxylation is 2. The van der Waals surface area contributed by atoms with Crippen LogP contribution in [0.25, 0.3) is 0 Å². The van der Waals surface area contributed by atoms with Gasteiger partial charge >= 0.3 is 23.9 Å². The Morgan fingerprint density at radius 3 is 1.00 bits per heavy atom. The molecule has 484 valence electrons. The molecule has 0 heterocycles. The van der Waals surface area contributed by atoms with Gasteiger partial charge in [-0.15, -0.1) is 0 Å². The molecule has 0 aliphatic heterocycles. The molecule has 0 N–H and O–H groups in total. The van der Waals surface area contributed by atoms with Crippen LogP contribution in [0.2, 0.25) is 0 Å². The minimum Gasteiger partial charge on any atom is -0.497 e. The first-order valence-corrected chi connectivity index (χ1v) is 31.9. The number of ether oxygens (including phenoxy) is 8. The summed E-state index contributed by atoms with van der Waals surface area (Å²) in [5, 5.41) is 0. The Labute approximate surface area is 545 Å². The van der Waals surface area contributed by atoms with Crippen molar-refractivity contribution in [3.8, 4) is 46.0 Å². The Hall–Kier alpha value is -9.16. The van der Waals surface area contributed by atoms with Gasteiger partial charge in [0, 0.05) is 49.9 Å². The van der Waals surface area contributed by atoms with Gasteiger partial charge in [0.1, 0.15) is 46.0 Å². The van der Waals surface area contributed by atoms with Crippen molar-refractivity contribution in [1.82, 2.24) is 0 Å². The lowest BCUT2D eigenvalue weighted by Gasteiger charge is -2.39. The third kappa shape index (κ3) is 18.3. The van der Waals surface area contributed by atoms with Crippen LogP contribution < -0.4 is 37.9 Å². The van der Waals surface area contributed by atoms with E-state index in [-0.39, 0.29) is 46.0 Å². The van der Waals surface area contributed by atoms with Crippen LogP contribution in [-0.4, -0.2) is 52.3 Å². The Kier molecular flexibility index (Phi) is 25.4. The van der Waals surface area contributed by atoms with Gasteiger partial charge < -0.3 is 37.9 Å². The van der Waals surface area contributed by atoms with Gasteiger partial charge in [0.2, 0.25) is 0 Å². The summed E-state index contributed by atoms with van der Waals surface area (Å²) in [4.78, 5) is 44.3. The van der Waals surface area contributed by atoms with Crippen LogP contribution in [0.15, 0.2) is 182 Å². The molecule has 0 saturated heterocycles. The molecule has 0 aromatic heterocycles. The standard InChI is InChI=1S/C23H28O3.C21H24O3.C19H22O3.C17H18O3/c1-16-14-19(8-10-21(16)25-4)23(12-6-5-7-13-23)20-9-11-22(17(2)15-20)26-18(3)24;1-16(22)24-20-12-8-18(9-13-20)21(14-4-3-5-15-21)17-6-10-19(23-2)11-7-17;1-5-19(3,15-6-10-17(21-4)11-7-15)16-8-12-18(13-9-16)22-14(2)20;1-12(14-4-8-16(19-3)9-5-14)15-6-10-17(11-7-15)20-13(2)18/h8-11,14-15H,5-7,12-13H2,1-4H3;6-13H,3-5,14-15H2,1-2H3;6-13H,5H2,1-4H3;4-12H,1-3H3. The van der Waals surface area contributed by atoms with E-state index in [1.54, 1.807) is 28.4 Å². The number of hydrogen-bond acceptors (Lipinski definition) is 12. The fourth-order valence-electron chi connectivity index (χ4n) is 12.8. The van der Waals surface area contributed by atoms with Crippen molar-refractivity contribution in [2.75, 3.05) is 28.4 Å². The van der Waals surface area contributed by atoms with Gasteiger partial charge in [0.15, 0.2) is 0 Å². The molecular formula is C80H92O12. The SMILES string of the molecule is CCC(C)(c1ccc(OC)cc1)c1ccc(OC(C)=O)cc1.COc1ccc(C(C)c2ccc(OC(C)=O)cc2)cc1.COc1ccc(C2(c3ccc(OC(C)=O)c(C)c3)CCCCC2)cc1C.COc1ccc(C2(c3ccc(OC(C)=O)cc3)CCCCC2)cc1. The summed E-state index contributed by atoms with van der Waals surface area (Å²) < 4.78 is 41.7. The molecule has 0 bridgehead atoms. The fraction of sp³-hybridized carbons (Fsp3) is 0.350. The van der Waals surface area contributed by atoms with Crippen LogP contribution in [0.1, 0.15) is 181 Å². The molecule has 2 aliphatic carbocycles. The van der Waals surface area contributed by atoms with Crippen LogP contribution in [0.3, 0.4) is 0 Å². The van der Waals surface area contributed by atoms with E-state index in [1.807, 2.05) is 110 Å². The lowest BCUT2D eigenvalue weighted by atomic mass is 9.65. The lowest BCUT2D eigenvalue weighted by Crippen LogP contribution is -2.30. The molecule has 0 spiro atoms. The van der Waals surface area contributed by atoms with E-state index in [4.69, 9.17) is 37.9 Å². The third-order valence-corrected chi connectivity index (χ3v) is 18.1. The number of carbonyl (C=O) groups is 4. The van der Waals surface area contributed by atoms with Gasteiger partial charge in [0.05, 0.1) is 28.4 Å². The van der Waals surface area contributed by atoms with Crippen molar-refractivity contribution in [1.29, 1.82) is 0 Å². The summed E-state index contributed by atoms with van der Waals surface area (Å²) in [7, 11) is 6.74. The highest BCUT2D eigenvalue weighted by atomic mass is 16.5. The summed E-state index contributed by atoms with van der Waals surface area (Å²) in [5.41, 5.74) is 12.3. The number of carbonyl (C=O) groups excluding carboxylic acids is 4. The average Bonchev–Trinajstić information content (AvgIpc) is 0.794. The molecule has 10 rings (SSSR count). The number of hydrogen-bond donors (Lipinski definition) is 0. The van der Waals surface area contributed by atoms with Crippen molar-refractivity contribution in [3.05, 3.63) is 238 Å². The molecule has 92 heavy (non-hydrogen) atoms. The lowest BCUT2D eigenvalue weighted by molar-refractivity contribution is -0.132. The van der Waals surface area contributed by atoms with E-state index in [1.165, 1.54) is 116 Å².